The fraction of sp³-hybridized carbons (Fsp3) is 0.933. The van der Waals surface area contributed by atoms with E-state index in [0.29, 0.717) is 18.4 Å². The van der Waals surface area contributed by atoms with E-state index < -0.39 is 0 Å². The summed E-state index contributed by atoms with van der Waals surface area (Å²) in [5, 5.41) is 3.12. The van der Waals surface area contributed by atoms with Gasteiger partial charge in [0.2, 0.25) is 5.91 Å². The van der Waals surface area contributed by atoms with E-state index in [1.165, 1.54) is 25.9 Å². The van der Waals surface area contributed by atoms with E-state index in [-0.39, 0.29) is 12.0 Å². The molecule has 1 unspecified atom stereocenters. The molecule has 0 aromatic rings. The number of hydrogen-bond donors (Lipinski definition) is 1. The van der Waals surface area contributed by atoms with Crippen molar-refractivity contribution in [3.63, 3.8) is 0 Å². The molecule has 0 aliphatic carbocycles. The van der Waals surface area contributed by atoms with Gasteiger partial charge in [-0.15, -0.1) is 0 Å². The Kier molecular flexibility index (Phi) is 13.5. The summed E-state index contributed by atoms with van der Waals surface area (Å²) in [5.41, 5.74) is 0. The lowest BCUT2D eigenvalue weighted by Gasteiger charge is -2.25. The van der Waals surface area contributed by atoms with Crippen LogP contribution in [0.25, 0.3) is 0 Å². The summed E-state index contributed by atoms with van der Waals surface area (Å²) in [6, 6.07) is 0.341. The first-order chi connectivity index (χ1) is 8.63. The van der Waals surface area contributed by atoms with E-state index in [9.17, 15) is 4.79 Å². The summed E-state index contributed by atoms with van der Waals surface area (Å²) in [6.07, 6.45) is 4.36. The van der Waals surface area contributed by atoms with Gasteiger partial charge in [-0.2, -0.15) is 0 Å². The highest BCUT2D eigenvalue weighted by Gasteiger charge is 2.18. The average Bonchev–Trinajstić information content (AvgIpc) is 2.89. The molecule has 0 saturated carbocycles. The number of amides is 1. The van der Waals surface area contributed by atoms with Gasteiger partial charge in [-0.3, -0.25) is 9.50 Å². The molecule has 1 heterocycles. The highest BCUT2D eigenvalue weighted by Crippen LogP contribution is 2.12. The molecule has 1 amide bonds. The van der Waals surface area contributed by atoms with Crippen molar-refractivity contribution in [3.05, 3.63) is 0 Å². The summed E-state index contributed by atoms with van der Waals surface area (Å²) >= 11 is 0. The van der Waals surface area contributed by atoms with Gasteiger partial charge in [0.15, 0.2) is 0 Å². The van der Waals surface area contributed by atoms with E-state index in [2.05, 4.69) is 24.1 Å². The lowest BCUT2D eigenvalue weighted by Crippen LogP contribution is -2.40. The molecule has 118 valence electrons. The quantitative estimate of drug-likeness (QED) is 0.807. The third kappa shape index (κ3) is 8.98. The number of nitrogens with one attached hydrogen (secondary N) is 1. The van der Waals surface area contributed by atoms with Crippen LogP contribution in [0, 0.1) is 5.92 Å². The minimum absolute atomic E-state index is 0. The molecule has 0 spiro atoms. The zero-order valence-corrected chi connectivity index (χ0v) is 13.4. The Morgan fingerprint density at radius 2 is 1.79 bits per heavy atom. The van der Waals surface area contributed by atoms with Crippen molar-refractivity contribution in [3.8, 4) is 0 Å². The van der Waals surface area contributed by atoms with Crippen molar-refractivity contribution < 1.29 is 10.9 Å². The Labute approximate surface area is 120 Å². The Morgan fingerprint density at radius 1 is 1.26 bits per heavy atom. The molecular weight excluding hydrogens is 243 g/mol. The molecule has 0 radical (unpaired) electrons. The maximum atomic E-state index is 11.4. The normalized spacial score (nSPS) is 16.3. The minimum atomic E-state index is 0. The summed E-state index contributed by atoms with van der Waals surface area (Å²) in [7, 11) is 0. The van der Waals surface area contributed by atoms with Gasteiger partial charge in [0.05, 0.1) is 0 Å². The van der Waals surface area contributed by atoms with Gasteiger partial charge in [0.1, 0.15) is 0 Å². The Hall–Kier alpha value is -0.640. The van der Waals surface area contributed by atoms with Gasteiger partial charge in [0.25, 0.3) is 0 Å². The number of nitrogens with zero attached hydrogens (tertiary/aromatic N) is 1. The molecule has 3 nitrogen and oxygen atoms in total. The van der Waals surface area contributed by atoms with Crippen LogP contribution in [0.15, 0.2) is 0 Å². The molecule has 1 N–H and O–H groups in total. The third-order valence-electron chi connectivity index (χ3n) is 3.43. The summed E-state index contributed by atoms with van der Waals surface area (Å²) in [5.74, 6) is 0.707. The van der Waals surface area contributed by atoms with Crippen LogP contribution in [0.5, 0.6) is 0 Å². The van der Waals surface area contributed by atoms with Crippen molar-refractivity contribution >= 4 is 5.91 Å². The molecule has 0 aromatic heterocycles. The number of carbonyl (C=O) groups excluding carboxylic acids is 1. The fourth-order valence-corrected chi connectivity index (χ4v) is 2.21. The zero-order valence-electron chi connectivity index (χ0n) is 13.4. The summed E-state index contributed by atoms with van der Waals surface area (Å²) in [6.45, 7) is 13.9. The number of likely N-dealkylation sites (tertiary alicyclic amines) is 1. The molecule has 1 rings (SSSR count). The Bertz CT molecular complexity index is 222. The Morgan fingerprint density at radius 3 is 2.21 bits per heavy atom. The van der Waals surface area contributed by atoms with Crippen molar-refractivity contribution in [2.75, 3.05) is 19.6 Å². The van der Waals surface area contributed by atoms with Gasteiger partial charge in [0, 0.05) is 20.4 Å². The Balaban J connectivity index is -0.000000689. The lowest BCUT2D eigenvalue weighted by atomic mass is 10.0. The highest BCUT2D eigenvalue weighted by molar-refractivity contribution is 5.75. The lowest BCUT2D eigenvalue weighted by molar-refractivity contribution is -0.121. The molecule has 19 heavy (non-hydrogen) atoms. The predicted molar refractivity (Wildman–Crippen MR) is 83.3 cm³/mol. The van der Waals surface area contributed by atoms with Crippen LogP contribution in [0.1, 0.15) is 61.7 Å². The van der Waals surface area contributed by atoms with Crippen LogP contribution in [-0.2, 0) is 4.79 Å². The highest BCUT2D eigenvalue weighted by atomic mass is 19.0. The first-order valence-corrected chi connectivity index (χ1v) is 7.65. The van der Waals surface area contributed by atoms with Crippen LogP contribution >= 0.6 is 0 Å². The maximum absolute atomic E-state index is 11.4. The molecular formula is C15H35FN2O. The van der Waals surface area contributed by atoms with Crippen LogP contribution in [-0.4, -0.2) is 36.5 Å². The number of halogens is 1. The van der Waals surface area contributed by atoms with E-state index in [4.69, 9.17) is 0 Å². The van der Waals surface area contributed by atoms with Crippen molar-refractivity contribution in [1.82, 2.24) is 10.2 Å². The second-order valence-corrected chi connectivity index (χ2v) is 5.11. The van der Waals surface area contributed by atoms with Crippen LogP contribution in [0.3, 0.4) is 0 Å². The monoisotopic (exact) mass is 278 g/mol. The van der Waals surface area contributed by atoms with Gasteiger partial charge in [-0.1, -0.05) is 34.6 Å². The summed E-state index contributed by atoms with van der Waals surface area (Å²) in [4.78, 5) is 13.9. The largest absolute Gasteiger partial charge is 0.353 e. The third-order valence-corrected chi connectivity index (χ3v) is 3.43. The molecule has 1 saturated heterocycles. The second kappa shape index (κ2) is 12.4. The number of carbonyl (C=O) groups is 1. The van der Waals surface area contributed by atoms with E-state index in [1.807, 2.05) is 20.8 Å². The molecule has 1 aliphatic heterocycles. The fourth-order valence-electron chi connectivity index (χ4n) is 2.21. The SMILES string of the molecule is CC.CCC(=O)NC(CCN1CCCC1)C(C)C.F.[HH]. The zero-order chi connectivity index (χ0) is 14.0. The number of hydrogen-bond acceptors (Lipinski definition) is 2. The van der Waals surface area contributed by atoms with Crippen LogP contribution in [0.4, 0.5) is 4.70 Å². The predicted octanol–water partition coefficient (Wildman–Crippen LogP) is 3.45. The van der Waals surface area contributed by atoms with Gasteiger partial charge >= 0.3 is 0 Å². The second-order valence-electron chi connectivity index (χ2n) is 5.11. The van der Waals surface area contributed by atoms with Crippen molar-refractivity contribution in [2.45, 2.75) is 66.3 Å². The first-order valence-electron chi connectivity index (χ1n) is 7.65. The van der Waals surface area contributed by atoms with Gasteiger partial charge < -0.3 is 10.2 Å². The average molecular weight is 278 g/mol. The standard InChI is InChI=1S/C13H26N2O.C2H6.FH.H2/c1-4-13(16)14-12(11(2)3)7-10-15-8-5-6-9-15;1-2;;/h11-12H,4-10H2,1-3H3,(H,14,16);1-2H3;2*1H. The molecule has 0 aromatic carbocycles. The first kappa shape index (κ1) is 20.7. The molecule has 1 aliphatic rings. The van der Waals surface area contributed by atoms with Crippen molar-refractivity contribution in [1.29, 1.82) is 0 Å². The van der Waals surface area contributed by atoms with Crippen LogP contribution < -0.4 is 5.32 Å². The van der Waals surface area contributed by atoms with E-state index in [0.717, 1.165) is 13.0 Å². The maximum Gasteiger partial charge on any atom is 0.219 e. The van der Waals surface area contributed by atoms with Crippen LogP contribution in [0.2, 0.25) is 0 Å². The topological polar surface area (TPSA) is 32.3 Å². The molecule has 4 heteroatoms. The smallest absolute Gasteiger partial charge is 0.219 e. The van der Waals surface area contributed by atoms with E-state index in [1.54, 1.807) is 0 Å². The number of rotatable bonds is 6. The van der Waals surface area contributed by atoms with Crippen molar-refractivity contribution in [2.24, 2.45) is 5.92 Å². The molecule has 1 fully saturated rings. The molecule has 1 atom stereocenters. The minimum Gasteiger partial charge on any atom is -0.353 e. The van der Waals surface area contributed by atoms with Gasteiger partial charge in [-0.05, 0) is 38.3 Å². The van der Waals surface area contributed by atoms with Gasteiger partial charge in [-0.25, -0.2) is 0 Å². The van der Waals surface area contributed by atoms with E-state index >= 15 is 0 Å². The summed E-state index contributed by atoms with van der Waals surface area (Å²) < 4.78 is 0. The molecule has 0 bridgehead atoms.